The third kappa shape index (κ3) is 2.68. The molecular weight excluding hydrogens is 344 g/mol. The van der Waals surface area contributed by atoms with Crippen molar-refractivity contribution in [2.45, 2.75) is 40.4 Å². The molecule has 0 spiro atoms. The van der Waals surface area contributed by atoms with Gasteiger partial charge in [0.2, 0.25) is 5.69 Å². The van der Waals surface area contributed by atoms with Crippen molar-refractivity contribution < 1.29 is 21.3 Å². The molecule has 2 aromatic carbocycles. The zero-order chi connectivity index (χ0) is 27.8. The fourth-order valence-electron chi connectivity index (χ4n) is 3.50. The average Bonchev–Trinajstić information content (AvgIpc) is 3.15. The maximum Gasteiger partial charge on any atom is 0.216 e. The minimum Gasteiger partial charge on any atom is -0.456 e. The largest absolute Gasteiger partial charge is 0.456 e. The normalized spacial score (nSPS) is 19.2. The number of benzene rings is 2. The lowest BCUT2D eigenvalue weighted by molar-refractivity contribution is -0.666. The van der Waals surface area contributed by atoms with Crippen LogP contribution in [0.2, 0.25) is 0 Å². The smallest absolute Gasteiger partial charge is 0.216 e. The molecule has 0 N–H and O–H groups in total. The Morgan fingerprint density at radius 3 is 2.79 bits per heavy atom. The molecule has 4 rings (SSSR count). The van der Waals surface area contributed by atoms with Gasteiger partial charge in [-0.15, -0.1) is 0 Å². The molecule has 0 bridgehead atoms. The first kappa shape index (κ1) is 10.4. The van der Waals surface area contributed by atoms with Crippen molar-refractivity contribution in [1.29, 1.82) is 0 Å². The van der Waals surface area contributed by atoms with E-state index in [-0.39, 0.29) is 45.8 Å². The lowest BCUT2D eigenvalue weighted by Gasteiger charge is -2.11. The highest BCUT2D eigenvalue weighted by Crippen LogP contribution is 2.40. The first-order chi connectivity index (χ1) is 16.9. The van der Waals surface area contributed by atoms with Crippen LogP contribution < -0.4 is 4.57 Å². The van der Waals surface area contributed by atoms with E-state index in [1.807, 2.05) is 0 Å². The molecule has 1 unspecified atom stereocenters. The molecule has 0 saturated carbocycles. The van der Waals surface area contributed by atoms with Gasteiger partial charge in [-0.1, -0.05) is 32.0 Å². The quantitative estimate of drug-likeness (QED) is 0.282. The Morgan fingerprint density at radius 2 is 2.07 bits per heavy atom. The first-order valence-corrected chi connectivity index (χ1v) is 8.82. The SMILES string of the molecule is [2H]c1c(C([2H])(C)C([2H])([2H])[2H])c([2H])c(-c2c(C)ccc3c2oc2cc([N+]#[C-])cc(C([2H])([2H])[2H])c23)[n+](C)c1C. The molecule has 1 atom stereocenters. The van der Waals surface area contributed by atoms with Gasteiger partial charge in [0.25, 0.3) is 0 Å². The number of hydrogen-bond donors (Lipinski definition) is 0. The minimum atomic E-state index is -2.80. The summed E-state index contributed by atoms with van der Waals surface area (Å²) in [4.78, 5) is 3.39. The molecule has 140 valence electrons. The Labute approximate surface area is 178 Å². The number of furan rings is 1. The number of nitrogens with zero attached hydrogens (tertiary/aromatic N) is 2. The predicted molar refractivity (Wildman–Crippen MR) is 115 cm³/mol. The summed E-state index contributed by atoms with van der Waals surface area (Å²) in [5, 5.41) is 0.802. The number of aryl methyl sites for hydroxylation is 2. The van der Waals surface area contributed by atoms with E-state index >= 15 is 0 Å². The highest BCUT2D eigenvalue weighted by molar-refractivity contribution is 6.11. The van der Waals surface area contributed by atoms with Crippen LogP contribution in [-0.4, -0.2) is 0 Å². The lowest BCUT2D eigenvalue weighted by Crippen LogP contribution is -2.35. The van der Waals surface area contributed by atoms with Crippen LogP contribution in [0.3, 0.4) is 0 Å². The monoisotopic (exact) mass is 378 g/mol. The van der Waals surface area contributed by atoms with E-state index in [9.17, 15) is 0 Å². The number of pyridine rings is 1. The van der Waals surface area contributed by atoms with Crippen LogP contribution >= 0.6 is 0 Å². The maximum absolute atomic E-state index is 9.03. The van der Waals surface area contributed by atoms with Crippen molar-refractivity contribution in [2.75, 3.05) is 0 Å². The highest BCUT2D eigenvalue weighted by atomic mass is 16.3. The summed E-state index contributed by atoms with van der Waals surface area (Å²) in [5.74, 6) is -2.23. The third-order valence-corrected chi connectivity index (χ3v) is 5.06. The summed E-state index contributed by atoms with van der Waals surface area (Å²) in [6, 6.07) is 5.78. The third-order valence-electron chi connectivity index (χ3n) is 5.06. The van der Waals surface area contributed by atoms with E-state index in [0.29, 0.717) is 27.6 Å². The van der Waals surface area contributed by atoms with Crippen molar-refractivity contribution in [3.8, 4) is 11.3 Å². The second kappa shape index (κ2) is 6.49. The molecule has 0 aliphatic carbocycles. The summed E-state index contributed by atoms with van der Waals surface area (Å²) in [6.45, 7) is 6.65. The van der Waals surface area contributed by atoms with Crippen molar-refractivity contribution in [3.05, 3.63) is 70.2 Å². The molecule has 0 saturated heterocycles. The number of fused-ring (bicyclic) bond motifs is 3. The molecule has 28 heavy (non-hydrogen) atoms. The van der Waals surface area contributed by atoms with Gasteiger partial charge < -0.3 is 4.42 Å². The molecule has 0 fully saturated rings. The van der Waals surface area contributed by atoms with Gasteiger partial charge in [-0.05, 0) is 42.4 Å². The molecule has 2 heterocycles. The lowest BCUT2D eigenvalue weighted by atomic mass is 9.96. The first-order valence-electron chi connectivity index (χ1n) is 13.3. The second-order valence-corrected chi connectivity index (χ2v) is 6.96. The van der Waals surface area contributed by atoms with Gasteiger partial charge in [-0.2, -0.15) is 4.57 Å². The van der Waals surface area contributed by atoms with Crippen molar-refractivity contribution in [3.63, 3.8) is 0 Å². The van der Waals surface area contributed by atoms with Crippen molar-refractivity contribution in [2.24, 2.45) is 7.05 Å². The van der Waals surface area contributed by atoms with Gasteiger partial charge in [0.1, 0.15) is 18.2 Å². The highest BCUT2D eigenvalue weighted by Gasteiger charge is 2.23. The van der Waals surface area contributed by atoms with E-state index in [2.05, 4.69) is 4.85 Å². The van der Waals surface area contributed by atoms with Gasteiger partial charge in [0.05, 0.1) is 14.9 Å². The Morgan fingerprint density at radius 1 is 1.25 bits per heavy atom. The van der Waals surface area contributed by atoms with E-state index in [0.717, 1.165) is 0 Å². The summed E-state index contributed by atoms with van der Waals surface area (Å²) in [6.07, 6.45) is 0. The van der Waals surface area contributed by atoms with Gasteiger partial charge in [-0.25, -0.2) is 4.85 Å². The van der Waals surface area contributed by atoms with Crippen molar-refractivity contribution in [1.82, 2.24) is 0 Å². The zero-order valence-electron chi connectivity index (χ0n) is 25.1. The van der Waals surface area contributed by atoms with Gasteiger partial charge >= 0.3 is 0 Å². The maximum atomic E-state index is 9.03. The van der Waals surface area contributed by atoms with E-state index in [1.54, 1.807) is 37.6 Å². The van der Waals surface area contributed by atoms with Gasteiger partial charge in [-0.3, -0.25) is 0 Å². The molecule has 2 aromatic heterocycles. The minimum absolute atomic E-state index is 0.0282. The van der Waals surface area contributed by atoms with Crippen LogP contribution in [0, 0.1) is 27.3 Å². The van der Waals surface area contributed by atoms with Crippen LogP contribution in [0.1, 0.15) is 54.4 Å². The predicted octanol–water partition coefficient (Wildman–Crippen LogP) is 6.68. The fraction of sp³-hybridized carbons (Fsp3) is 0.280. The summed E-state index contributed by atoms with van der Waals surface area (Å²) in [5.41, 5.74) is 2.02. The number of rotatable bonds is 2. The average molecular weight is 379 g/mol. The zero-order valence-corrected chi connectivity index (χ0v) is 16.1. The van der Waals surface area contributed by atoms with E-state index in [4.69, 9.17) is 23.3 Å². The molecule has 0 aliphatic rings. The molecule has 0 amide bonds. The van der Waals surface area contributed by atoms with Crippen LogP contribution in [0.5, 0.6) is 0 Å². The van der Waals surface area contributed by atoms with Crippen molar-refractivity contribution >= 4 is 27.6 Å². The second-order valence-electron chi connectivity index (χ2n) is 6.96. The molecule has 3 heteroatoms. The van der Waals surface area contributed by atoms with E-state index < -0.39 is 19.6 Å². The number of hydrogen-bond acceptors (Lipinski definition) is 1. The Bertz CT molecular complexity index is 1640. The fourth-order valence-corrected chi connectivity index (χ4v) is 3.50. The summed E-state index contributed by atoms with van der Waals surface area (Å²) in [7, 11) is 1.65. The molecule has 0 radical (unpaired) electrons. The van der Waals surface area contributed by atoms with Crippen LogP contribution in [0.4, 0.5) is 5.69 Å². The number of aromatic nitrogens is 1. The van der Waals surface area contributed by atoms with Gasteiger partial charge in [0, 0.05) is 39.4 Å². The van der Waals surface area contributed by atoms with Crippen LogP contribution in [0.25, 0.3) is 38.0 Å². The van der Waals surface area contributed by atoms with Gasteiger partial charge in [0.15, 0.2) is 11.4 Å². The van der Waals surface area contributed by atoms with E-state index in [1.165, 1.54) is 19.1 Å². The molecule has 4 aromatic rings. The Kier molecular flexibility index (Phi) is 2.42. The topological polar surface area (TPSA) is 21.4 Å². The van der Waals surface area contributed by atoms with Crippen LogP contribution in [-0.2, 0) is 7.05 Å². The standard InChI is InChI=1S/C25H25N2O/c1-14(2)18-11-17(5)27(7)21(12-18)24-15(3)8-9-20-23-16(4)10-19(26-6)13-22(23)28-25(20)24/h8-14H,1-5,7H3/q+1/i1D3,4D3,11D,12D,14D. The molecule has 3 nitrogen and oxygen atoms in total. The molecular formula is C25H25N2O+. The Balaban J connectivity index is 2.23. The van der Waals surface area contributed by atoms with Crippen LogP contribution in [0.15, 0.2) is 40.8 Å². The molecule has 0 aliphatic heterocycles. The Hall–Kier alpha value is -3.12. The summed E-state index contributed by atoms with van der Waals surface area (Å²) >= 11 is 0. The summed E-state index contributed by atoms with van der Waals surface area (Å²) < 4.78 is 81.9.